The normalized spacial score (nSPS) is 18.7. The fourth-order valence-corrected chi connectivity index (χ4v) is 3.13. The lowest BCUT2D eigenvalue weighted by Gasteiger charge is -2.36. The van der Waals surface area contributed by atoms with Gasteiger partial charge in [0.25, 0.3) is 0 Å². The van der Waals surface area contributed by atoms with Crippen molar-refractivity contribution in [3.8, 4) is 0 Å². The Morgan fingerprint density at radius 3 is 2.19 bits per heavy atom. The number of hydrogen-bond acceptors (Lipinski definition) is 4. The largest absolute Gasteiger partial charge is 0.416 e. The van der Waals surface area contributed by atoms with Crippen LogP contribution < -0.4 is 4.90 Å². The first kappa shape index (κ1) is 18.2. The van der Waals surface area contributed by atoms with Crippen molar-refractivity contribution in [2.75, 3.05) is 37.6 Å². The molecule has 2 aliphatic heterocycles. The van der Waals surface area contributed by atoms with Crippen LogP contribution in [0.2, 0.25) is 0 Å². The average Bonchev–Trinajstić information content (AvgIpc) is 2.93. The molecule has 3 amide bonds. The quantitative estimate of drug-likeness (QED) is 0.758. The first-order chi connectivity index (χ1) is 12.3. The van der Waals surface area contributed by atoms with E-state index in [9.17, 15) is 27.6 Å². The van der Waals surface area contributed by atoms with Gasteiger partial charge in [0.15, 0.2) is 0 Å². The van der Waals surface area contributed by atoms with E-state index in [2.05, 4.69) is 0 Å². The van der Waals surface area contributed by atoms with Crippen LogP contribution in [-0.2, 0) is 20.6 Å². The van der Waals surface area contributed by atoms with Crippen molar-refractivity contribution in [3.63, 3.8) is 0 Å². The first-order valence-corrected chi connectivity index (χ1v) is 8.29. The second-order valence-corrected chi connectivity index (χ2v) is 6.29. The number of nitrogens with zero attached hydrogens (tertiary/aromatic N) is 3. The SMILES string of the molecule is O=C(CN1C(=O)CCC1=O)N1CCN(c2cccc(C(F)(F)F)c2)CC1. The molecule has 9 heteroatoms. The van der Waals surface area contributed by atoms with Gasteiger partial charge in [0.2, 0.25) is 17.7 Å². The molecule has 140 valence electrons. The Labute approximate surface area is 148 Å². The molecule has 0 bridgehead atoms. The molecular weight excluding hydrogens is 351 g/mol. The van der Waals surface area contributed by atoms with Gasteiger partial charge in [-0.1, -0.05) is 6.07 Å². The number of anilines is 1. The Kier molecular flexibility index (Phi) is 4.88. The van der Waals surface area contributed by atoms with Gasteiger partial charge in [-0.15, -0.1) is 0 Å². The number of alkyl halides is 3. The standard InChI is InChI=1S/C17H18F3N3O3/c18-17(19,20)12-2-1-3-13(10-12)21-6-8-22(9-7-21)16(26)11-23-14(24)4-5-15(23)25/h1-3,10H,4-9,11H2. The molecule has 2 saturated heterocycles. The van der Waals surface area contributed by atoms with Gasteiger partial charge in [0, 0.05) is 44.7 Å². The molecule has 2 fully saturated rings. The molecule has 0 unspecified atom stereocenters. The zero-order valence-corrected chi connectivity index (χ0v) is 14.0. The number of likely N-dealkylation sites (tertiary alicyclic amines) is 1. The zero-order chi connectivity index (χ0) is 18.9. The van der Waals surface area contributed by atoms with Crippen molar-refractivity contribution < 1.29 is 27.6 Å². The lowest BCUT2D eigenvalue weighted by atomic mass is 10.1. The Morgan fingerprint density at radius 1 is 1.00 bits per heavy atom. The molecule has 6 nitrogen and oxygen atoms in total. The summed E-state index contributed by atoms with van der Waals surface area (Å²) in [4.78, 5) is 39.7. The minimum Gasteiger partial charge on any atom is -0.368 e. The molecule has 26 heavy (non-hydrogen) atoms. The number of hydrogen-bond donors (Lipinski definition) is 0. The van der Waals surface area contributed by atoms with Gasteiger partial charge in [-0.25, -0.2) is 0 Å². The smallest absolute Gasteiger partial charge is 0.368 e. The van der Waals surface area contributed by atoms with Gasteiger partial charge in [-0.3, -0.25) is 19.3 Å². The topological polar surface area (TPSA) is 60.9 Å². The summed E-state index contributed by atoms with van der Waals surface area (Å²) in [7, 11) is 0. The van der Waals surface area contributed by atoms with E-state index in [0.29, 0.717) is 31.9 Å². The van der Waals surface area contributed by atoms with Gasteiger partial charge in [0.05, 0.1) is 5.56 Å². The van der Waals surface area contributed by atoms with Gasteiger partial charge in [-0.05, 0) is 18.2 Å². The summed E-state index contributed by atoms with van der Waals surface area (Å²) in [6, 6.07) is 5.08. The molecule has 2 heterocycles. The lowest BCUT2D eigenvalue weighted by molar-refractivity contribution is -0.145. The van der Waals surface area contributed by atoms with E-state index in [1.54, 1.807) is 11.0 Å². The van der Waals surface area contributed by atoms with Crippen LogP contribution >= 0.6 is 0 Å². The van der Waals surface area contributed by atoms with Crippen LogP contribution in [0, 0.1) is 0 Å². The van der Waals surface area contributed by atoms with Crippen LogP contribution in [0.15, 0.2) is 24.3 Å². The molecule has 0 saturated carbocycles. The van der Waals surface area contributed by atoms with Gasteiger partial charge >= 0.3 is 6.18 Å². The van der Waals surface area contributed by atoms with E-state index >= 15 is 0 Å². The van der Waals surface area contributed by atoms with Crippen molar-refractivity contribution in [2.24, 2.45) is 0 Å². The van der Waals surface area contributed by atoms with Crippen molar-refractivity contribution in [1.29, 1.82) is 0 Å². The van der Waals surface area contributed by atoms with Crippen molar-refractivity contribution in [1.82, 2.24) is 9.80 Å². The maximum atomic E-state index is 12.8. The highest BCUT2D eigenvalue weighted by atomic mass is 19.4. The van der Waals surface area contributed by atoms with Crippen molar-refractivity contribution >= 4 is 23.4 Å². The number of amides is 3. The Morgan fingerprint density at radius 2 is 1.62 bits per heavy atom. The predicted octanol–water partition coefficient (Wildman–Crippen LogP) is 1.50. The molecule has 2 aliphatic rings. The van der Waals surface area contributed by atoms with E-state index < -0.39 is 11.7 Å². The number of rotatable bonds is 3. The molecule has 0 atom stereocenters. The molecule has 1 aromatic carbocycles. The van der Waals surface area contributed by atoms with Crippen LogP contribution in [0.4, 0.5) is 18.9 Å². The molecule has 0 N–H and O–H groups in total. The maximum Gasteiger partial charge on any atom is 0.416 e. The third-order valence-corrected chi connectivity index (χ3v) is 4.62. The fraction of sp³-hybridized carbons (Fsp3) is 0.471. The fourth-order valence-electron chi connectivity index (χ4n) is 3.13. The summed E-state index contributed by atoms with van der Waals surface area (Å²) >= 11 is 0. The number of carbonyl (C=O) groups is 3. The second-order valence-electron chi connectivity index (χ2n) is 6.29. The van der Waals surface area contributed by atoms with E-state index in [-0.39, 0.29) is 37.1 Å². The molecular formula is C17H18F3N3O3. The number of carbonyl (C=O) groups excluding carboxylic acids is 3. The predicted molar refractivity (Wildman–Crippen MR) is 86.2 cm³/mol. The third-order valence-electron chi connectivity index (χ3n) is 4.62. The monoisotopic (exact) mass is 369 g/mol. The van der Waals surface area contributed by atoms with E-state index in [1.807, 2.05) is 0 Å². The van der Waals surface area contributed by atoms with E-state index in [0.717, 1.165) is 17.0 Å². The Balaban J connectivity index is 1.58. The van der Waals surface area contributed by atoms with Gasteiger partial charge < -0.3 is 9.80 Å². The van der Waals surface area contributed by atoms with E-state index in [4.69, 9.17) is 0 Å². The highest BCUT2D eigenvalue weighted by Crippen LogP contribution is 2.31. The highest BCUT2D eigenvalue weighted by Gasteiger charge is 2.33. The number of benzene rings is 1. The Hall–Kier alpha value is -2.58. The van der Waals surface area contributed by atoms with Crippen LogP contribution in [0.3, 0.4) is 0 Å². The number of imide groups is 1. The summed E-state index contributed by atoms with van der Waals surface area (Å²) in [5.74, 6) is -1.01. The van der Waals surface area contributed by atoms with Gasteiger partial charge in [0.1, 0.15) is 6.54 Å². The average molecular weight is 369 g/mol. The summed E-state index contributed by atoms with van der Waals surface area (Å²) < 4.78 is 38.5. The summed E-state index contributed by atoms with van der Waals surface area (Å²) in [5, 5.41) is 0. The van der Waals surface area contributed by atoms with Crippen LogP contribution in [-0.4, -0.2) is 60.2 Å². The minimum atomic E-state index is -4.40. The molecule has 0 spiro atoms. The summed E-state index contributed by atoms with van der Waals surface area (Å²) in [5.41, 5.74) is -0.253. The van der Waals surface area contributed by atoms with Crippen LogP contribution in [0.1, 0.15) is 18.4 Å². The van der Waals surface area contributed by atoms with Crippen molar-refractivity contribution in [2.45, 2.75) is 19.0 Å². The second kappa shape index (κ2) is 6.97. The summed E-state index contributed by atoms with van der Waals surface area (Å²) in [6.45, 7) is 1.15. The first-order valence-electron chi connectivity index (χ1n) is 8.29. The van der Waals surface area contributed by atoms with Crippen molar-refractivity contribution in [3.05, 3.63) is 29.8 Å². The molecule has 3 rings (SSSR count). The molecule has 1 aromatic rings. The zero-order valence-electron chi connectivity index (χ0n) is 14.0. The maximum absolute atomic E-state index is 12.8. The van der Waals surface area contributed by atoms with Gasteiger partial charge in [-0.2, -0.15) is 13.2 Å². The summed E-state index contributed by atoms with van der Waals surface area (Å²) in [6.07, 6.45) is -4.13. The Bertz CT molecular complexity index is 711. The highest BCUT2D eigenvalue weighted by molar-refractivity contribution is 6.04. The minimum absolute atomic E-state index is 0.134. The van der Waals surface area contributed by atoms with Crippen LogP contribution in [0.5, 0.6) is 0 Å². The molecule has 0 aromatic heterocycles. The molecule has 0 aliphatic carbocycles. The third kappa shape index (κ3) is 3.81. The number of halogens is 3. The molecule has 0 radical (unpaired) electrons. The van der Waals surface area contributed by atoms with Crippen LogP contribution in [0.25, 0.3) is 0 Å². The number of piperazine rings is 1. The van der Waals surface area contributed by atoms with E-state index in [1.165, 1.54) is 11.0 Å². The lowest BCUT2D eigenvalue weighted by Crippen LogP contribution is -2.51.